The first-order valence-electron chi connectivity index (χ1n) is 8.92. The molecule has 3 rings (SSSR count). The van der Waals surface area contributed by atoms with Crippen molar-refractivity contribution in [2.75, 3.05) is 19.6 Å². The molecule has 1 aliphatic rings. The van der Waals surface area contributed by atoms with Crippen LogP contribution in [0.25, 0.3) is 11.3 Å². The largest absolute Gasteiger partial charge is 0.451 e. The van der Waals surface area contributed by atoms with Gasteiger partial charge in [0.1, 0.15) is 5.76 Å². The molecule has 1 amide bonds. The maximum absolute atomic E-state index is 12.7. The van der Waals surface area contributed by atoms with Crippen LogP contribution in [0.5, 0.6) is 0 Å². The standard InChI is InChI=1S/C21H28N2O2/c1-20(2,3)16-7-5-15(6-8-16)17-9-10-18(25-17)19(24)23-12-11-21(4,13-22)14-23/h5-10H,11-14,22H2,1-4H3. The number of hydrogen-bond acceptors (Lipinski definition) is 3. The second-order valence-electron chi connectivity index (χ2n) is 8.48. The van der Waals surface area contributed by atoms with Crippen LogP contribution in [-0.4, -0.2) is 30.4 Å². The molecule has 2 heterocycles. The number of likely N-dealkylation sites (tertiary alicyclic amines) is 1. The summed E-state index contributed by atoms with van der Waals surface area (Å²) in [5.74, 6) is 1.08. The van der Waals surface area contributed by atoms with Crippen LogP contribution in [0.1, 0.15) is 50.2 Å². The van der Waals surface area contributed by atoms with Crippen LogP contribution in [0.2, 0.25) is 0 Å². The third-order valence-corrected chi connectivity index (χ3v) is 5.19. The lowest BCUT2D eigenvalue weighted by atomic mass is 9.86. The Morgan fingerprint density at radius 1 is 1.20 bits per heavy atom. The minimum Gasteiger partial charge on any atom is -0.451 e. The fraction of sp³-hybridized carbons (Fsp3) is 0.476. The minimum atomic E-state index is -0.0465. The van der Waals surface area contributed by atoms with E-state index in [0.717, 1.165) is 24.3 Å². The van der Waals surface area contributed by atoms with Crippen molar-refractivity contribution in [1.82, 2.24) is 4.90 Å². The zero-order chi connectivity index (χ0) is 18.2. The molecule has 1 saturated heterocycles. The van der Waals surface area contributed by atoms with E-state index in [9.17, 15) is 4.79 Å². The molecule has 4 heteroatoms. The van der Waals surface area contributed by atoms with Crippen molar-refractivity contribution in [3.63, 3.8) is 0 Å². The highest BCUT2D eigenvalue weighted by atomic mass is 16.4. The molecule has 0 aliphatic carbocycles. The maximum Gasteiger partial charge on any atom is 0.289 e. The van der Waals surface area contributed by atoms with Crippen molar-refractivity contribution in [3.8, 4) is 11.3 Å². The number of hydrogen-bond donors (Lipinski definition) is 1. The lowest BCUT2D eigenvalue weighted by Crippen LogP contribution is -2.34. The third kappa shape index (κ3) is 3.64. The fourth-order valence-corrected chi connectivity index (χ4v) is 3.26. The molecule has 1 aromatic heterocycles. The minimum absolute atomic E-state index is 0.0217. The Hall–Kier alpha value is -2.07. The van der Waals surface area contributed by atoms with Crippen LogP contribution in [0, 0.1) is 5.41 Å². The van der Waals surface area contributed by atoms with E-state index < -0.39 is 0 Å². The summed E-state index contributed by atoms with van der Waals surface area (Å²) in [4.78, 5) is 14.5. The molecule has 1 atom stereocenters. The van der Waals surface area contributed by atoms with E-state index in [0.29, 0.717) is 18.8 Å². The number of amides is 1. The van der Waals surface area contributed by atoms with Gasteiger partial charge in [-0.05, 0) is 41.5 Å². The van der Waals surface area contributed by atoms with Crippen molar-refractivity contribution in [3.05, 3.63) is 47.7 Å². The number of nitrogens with two attached hydrogens (primary N) is 1. The number of furan rings is 1. The number of carbonyl (C=O) groups is 1. The summed E-state index contributed by atoms with van der Waals surface area (Å²) in [6.07, 6.45) is 0.942. The van der Waals surface area contributed by atoms with Crippen molar-refractivity contribution in [2.24, 2.45) is 11.1 Å². The Balaban J connectivity index is 1.75. The van der Waals surface area contributed by atoms with Gasteiger partial charge >= 0.3 is 0 Å². The van der Waals surface area contributed by atoms with Crippen LogP contribution in [0.4, 0.5) is 0 Å². The van der Waals surface area contributed by atoms with Crippen molar-refractivity contribution in [2.45, 2.75) is 39.5 Å². The molecule has 134 valence electrons. The van der Waals surface area contributed by atoms with E-state index in [4.69, 9.17) is 10.2 Å². The Labute approximate surface area is 150 Å². The molecule has 2 aromatic rings. The third-order valence-electron chi connectivity index (χ3n) is 5.19. The molecule has 1 unspecified atom stereocenters. The monoisotopic (exact) mass is 340 g/mol. The predicted molar refractivity (Wildman–Crippen MR) is 101 cm³/mol. The summed E-state index contributed by atoms with van der Waals surface area (Å²) in [6, 6.07) is 12.0. The van der Waals surface area contributed by atoms with E-state index in [1.54, 1.807) is 6.07 Å². The van der Waals surface area contributed by atoms with Crippen LogP contribution in [0.15, 0.2) is 40.8 Å². The average Bonchev–Trinajstić information content (AvgIpc) is 3.21. The molecule has 1 aliphatic heterocycles. The average molecular weight is 340 g/mol. The van der Waals surface area contributed by atoms with E-state index in [2.05, 4.69) is 52.0 Å². The van der Waals surface area contributed by atoms with E-state index in [1.165, 1.54) is 5.56 Å². The van der Waals surface area contributed by atoms with E-state index in [1.807, 2.05) is 11.0 Å². The zero-order valence-corrected chi connectivity index (χ0v) is 15.6. The van der Waals surface area contributed by atoms with Crippen LogP contribution in [-0.2, 0) is 5.41 Å². The first-order chi connectivity index (χ1) is 11.7. The maximum atomic E-state index is 12.7. The van der Waals surface area contributed by atoms with Gasteiger partial charge in [0.2, 0.25) is 0 Å². The van der Waals surface area contributed by atoms with Crippen LogP contribution in [0.3, 0.4) is 0 Å². The highest BCUT2D eigenvalue weighted by Crippen LogP contribution is 2.31. The van der Waals surface area contributed by atoms with Crippen LogP contribution < -0.4 is 5.73 Å². The Morgan fingerprint density at radius 3 is 2.44 bits per heavy atom. The molecule has 0 radical (unpaired) electrons. The topological polar surface area (TPSA) is 59.5 Å². The first-order valence-corrected chi connectivity index (χ1v) is 8.92. The Kier molecular flexibility index (Phi) is 4.50. The smallest absolute Gasteiger partial charge is 0.289 e. The lowest BCUT2D eigenvalue weighted by molar-refractivity contribution is 0.0746. The molecule has 25 heavy (non-hydrogen) atoms. The van der Waals surface area contributed by atoms with E-state index in [-0.39, 0.29) is 16.7 Å². The van der Waals surface area contributed by atoms with Gasteiger partial charge in [-0.2, -0.15) is 0 Å². The van der Waals surface area contributed by atoms with Crippen molar-refractivity contribution < 1.29 is 9.21 Å². The summed E-state index contributed by atoms with van der Waals surface area (Å²) in [6.45, 7) is 10.7. The molecule has 2 N–H and O–H groups in total. The second kappa shape index (κ2) is 6.34. The number of carbonyl (C=O) groups excluding carboxylic acids is 1. The summed E-state index contributed by atoms with van der Waals surface area (Å²) < 4.78 is 5.85. The quantitative estimate of drug-likeness (QED) is 0.917. The Morgan fingerprint density at radius 2 is 1.88 bits per heavy atom. The second-order valence-corrected chi connectivity index (χ2v) is 8.48. The van der Waals surface area contributed by atoms with E-state index >= 15 is 0 Å². The summed E-state index contributed by atoms with van der Waals surface area (Å²) >= 11 is 0. The molecular weight excluding hydrogens is 312 g/mol. The number of benzene rings is 1. The van der Waals surface area contributed by atoms with Crippen LogP contribution >= 0.6 is 0 Å². The molecule has 1 aromatic carbocycles. The lowest BCUT2D eigenvalue weighted by Gasteiger charge is -2.21. The van der Waals surface area contributed by atoms with Gasteiger partial charge < -0.3 is 15.1 Å². The van der Waals surface area contributed by atoms with Gasteiger partial charge in [0, 0.05) is 18.7 Å². The highest BCUT2D eigenvalue weighted by Gasteiger charge is 2.36. The number of nitrogens with zero attached hydrogens (tertiary/aromatic N) is 1. The fourth-order valence-electron chi connectivity index (χ4n) is 3.26. The molecule has 1 fully saturated rings. The molecule has 0 bridgehead atoms. The van der Waals surface area contributed by atoms with Gasteiger partial charge in [-0.1, -0.05) is 52.0 Å². The van der Waals surface area contributed by atoms with Gasteiger partial charge in [0.05, 0.1) is 0 Å². The summed E-state index contributed by atoms with van der Waals surface area (Å²) in [7, 11) is 0. The van der Waals surface area contributed by atoms with Crippen molar-refractivity contribution >= 4 is 5.91 Å². The first kappa shape index (κ1) is 17.7. The van der Waals surface area contributed by atoms with Gasteiger partial charge in [-0.15, -0.1) is 0 Å². The molecular formula is C21H28N2O2. The van der Waals surface area contributed by atoms with Gasteiger partial charge in [-0.3, -0.25) is 4.79 Å². The molecule has 4 nitrogen and oxygen atoms in total. The zero-order valence-electron chi connectivity index (χ0n) is 15.6. The predicted octanol–water partition coefficient (Wildman–Crippen LogP) is 4.06. The Bertz CT molecular complexity index is 755. The normalized spacial score (nSPS) is 20.9. The van der Waals surface area contributed by atoms with Gasteiger partial charge in [0.25, 0.3) is 5.91 Å². The highest BCUT2D eigenvalue weighted by molar-refractivity contribution is 5.92. The SMILES string of the molecule is CC1(CN)CCN(C(=O)c2ccc(-c3ccc(C(C)(C)C)cc3)o2)C1. The number of rotatable bonds is 3. The van der Waals surface area contributed by atoms with Crippen molar-refractivity contribution in [1.29, 1.82) is 0 Å². The molecule has 0 saturated carbocycles. The molecule has 0 spiro atoms. The van der Waals surface area contributed by atoms with Gasteiger partial charge in [0.15, 0.2) is 5.76 Å². The van der Waals surface area contributed by atoms with Gasteiger partial charge in [-0.25, -0.2) is 0 Å². The summed E-state index contributed by atoms with van der Waals surface area (Å²) in [5.41, 5.74) is 8.23. The summed E-state index contributed by atoms with van der Waals surface area (Å²) in [5, 5.41) is 0.